The number of rotatable bonds is 4. The number of allylic oxidation sites excluding steroid dienone is 4. The van der Waals surface area contributed by atoms with E-state index in [2.05, 4.69) is 90.1 Å². The summed E-state index contributed by atoms with van der Waals surface area (Å²) in [6.07, 6.45) is 0. The summed E-state index contributed by atoms with van der Waals surface area (Å²) in [5, 5.41) is 0. The molecule has 0 atom stereocenters. The van der Waals surface area contributed by atoms with Crippen molar-refractivity contribution in [2.75, 3.05) is 0 Å². The van der Waals surface area contributed by atoms with Crippen molar-refractivity contribution in [2.45, 2.75) is 52.4 Å². The number of carbonyl (C=O) groups is 1. The zero-order valence-electron chi connectivity index (χ0n) is 23.3. The fourth-order valence-electron chi connectivity index (χ4n) is 5.21. The molecule has 0 spiro atoms. The van der Waals surface area contributed by atoms with Crippen LogP contribution in [0.1, 0.15) is 74.9 Å². The van der Waals surface area contributed by atoms with Crippen LogP contribution in [0.4, 0.5) is 0 Å². The van der Waals surface area contributed by atoms with E-state index in [4.69, 9.17) is 0 Å². The Kier molecular flexibility index (Phi) is 6.57. The van der Waals surface area contributed by atoms with Gasteiger partial charge in [-0.1, -0.05) is 151 Å². The summed E-state index contributed by atoms with van der Waals surface area (Å²) >= 11 is 0. The third-order valence-electron chi connectivity index (χ3n) is 7.41. The molecule has 1 aliphatic rings. The first kappa shape index (κ1) is 25.7. The predicted octanol–water partition coefficient (Wildman–Crippen LogP) is 9.39. The molecule has 0 aromatic heterocycles. The summed E-state index contributed by atoms with van der Waals surface area (Å²) in [4.78, 5) is 14.4. The average Bonchev–Trinajstić information content (AvgIpc) is 3.21. The second-order valence-electron chi connectivity index (χ2n) is 12.2. The van der Waals surface area contributed by atoms with Crippen molar-refractivity contribution in [1.82, 2.24) is 0 Å². The lowest BCUT2D eigenvalue weighted by Crippen LogP contribution is -2.11. The quantitative estimate of drug-likeness (QED) is 0.275. The van der Waals surface area contributed by atoms with Crippen LogP contribution in [-0.2, 0) is 15.6 Å². The molecule has 1 aliphatic carbocycles. The predicted molar refractivity (Wildman–Crippen MR) is 162 cm³/mol. The van der Waals surface area contributed by atoms with Crippen molar-refractivity contribution < 1.29 is 4.79 Å². The van der Waals surface area contributed by atoms with E-state index in [1.165, 1.54) is 11.1 Å². The molecule has 0 radical (unpaired) electrons. The van der Waals surface area contributed by atoms with Gasteiger partial charge in [-0.25, -0.2) is 0 Å². The molecule has 0 amide bonds. The van der Waals surface area contributed by atoms with Crippen molar-refractivity contribution >= 4 is 28.1 Å². The molecule has 0 unspecified atom stereocenters. The van der Waals surface area contributed by atoms with Gasteiger partial charge in [0.15, 0.2) is 5.78 Å². The molecule has 0 saturated carbocycles. The van der Waals surface area contributed by atoms with Crippen LogP contribution in [0.25, 0.3) is 22.3 Å². The number of ketones is 1. The molecular weight excluding hydrogens is 460 g/mol. The number of hydrogen-bond acceptors (Lipinski definition) is 1. The van der Waals surface area contributed by atoms with Crippen LogP contribution in [0.5, 0.6) is 0 Å². The van der Waals surface area contributed by atoms with Crippen LogP contribution in [0, 0.1) is 0 Å². The Morgan fingerprint density at radius 2 is 0.658 bits per heavy atom. The Balaban J connectivity index is 1.81. The second-order valence-corrected chi connectivity index (χ2v) is 12.2. The fraction of sp³-hybridized carbons (Fsp3) is 0.216. The summed E-state index contributed by atoms with van der Waals surface area (Å²) in [6.45, 7) is 13.4. The van der Waals surface area contributed by atoms with Crippen LogP contribution >= 0.6 is 0 Å². The lowest BCUT2D eigenvalue weighted by atomic mass is 9.83. The monoisotopic (exact) mass is 496 g/mol. The zero-order valence-corrected chi connectivity index (χ0v) is 23.3. The Bertz CT molecular complexity index is 1400. The number of benzene rings is 4. The van der Waals surface area contributed by atoms with Crippen molar-refractivity contribution in [3.63, 3.8) is 0 Å². The molecule has 1 heteroatoms. The molecule has 0 bridgehead atoms. The van der Waals surface area contributed by atoms with Crippen molar-refractivity contribution in [3.05, 3.63) is 143 Å². The van der Waals surface area contributed by atoms with E-state index < -0.39 is 0 Å². The average molecular weight is 497 g/mol. The van der Waals surface area contributed by atoms with Crippen molar-refractivity contribution in [2.24, 2.45) is 0 Å². The van der Waals surface area contributed by atoms with Gasteiger partial charge in [0.25, 0.3) is 0 Å². The molecule has 38 heavy (non-hydrogen) atoms. The summed E-state index contributed by atoms with van der Waals surface area (Å²) in [5.41, 5.74) is 10.2. The van der Waals surface area contributed by atoms with Crippen molar-refractivity contribution in [1.29, 1.82) is 0 Å². The Morgan fingerprint density at radius 3 is 0.947 bits per heavy atom. The minimum absolute atomic E-state index is 0.0529. The fourth-order valence-corrected chi connectivity index (χ4v) is 5.21. The third kappa shape index (κ3) is 4.82. The van der Waals surface area contributed by atoms with E-state index in [1.807, 2.05) is 60.7 Å². The molecule has 0 heterocycles. The summed E-state index contributed by atoms with van der Waals surface area (Å²) in [6, 6.07) is 37.8. The van der Waals surface area contributed by atoms with Gasteiger partial charge in [0.2, 0.25) is 0 Å². The van der Waals surface area contributed by atoms with E-state index in [9.17, 15) is 4.79 Å². The lowest BCUT2D eigenvalue weighted by Gasteiger charge is -2.21. The maximum absolute atomic E-state index is 14.4. The second kappa shape index (κ2) is 9.72. The SMILES string of the molecule is CC(C)(C)c1ccc(C2=C(c3ccccc3)C(=O)C(c3ccccc3)=C2c2ccc(C(C)(C)C)cc2)cc1. The number of hydrogen-bond donors (Lipinski definition) is 0. The third-order valence-corrected chi connectivity index (χ3v) is 7.41. The Labute approximate surface area is 227 Å². The van der Waals surface area contributed by atoms with Crippen LogP contribution in [0.15, 0.2) is 109 Å². The molecule has 0 N–H and O–H groups in total. The van der Waals surface area contributed by atoms with Gasteiger partial charge in [0.1, 0.15) is 0 Å². The highest BCUT2D eigenvalue weighted by Gasteiger charge is 2.35. The van der Waals surface area contributed by atoms with Gasteiger partial charge in [-0.3, -0.25) is 4.79 Å². The first-order valence-corrected chi connectivity index (χ1v) is 13.4. The van der Waals surface area contributed by atoms with Gasteiger partial charge >= 0.3 is 0 Å². The van der Waals surface area contributed by atoms with E-state index >= 15 is 0 Å². The Morgan fingerprint density at radius 1 is 0.368 bits per heavy atom. The normalized spacial score (nSPS) is 14.4. The van der Waals surface area contributed by atoms with Gasteiger partial charge in [-0.05, 0) is 44.2 Å². The first-order chi connectivity index (χ1) is 18.1. The van der Waals surface area contributed by atoms with Crippen LogP contribution in [0.3, 0.4) is 0 Å². The Hall–Kier alpha value is -3.97. The molecule has 0 aliphatic heterocycles. The van der Waals surface area contributed by atoms with Gasteiger partial charge in [-0.2, -0.15) is 0 Å². The summed E-state index contributed by atoms with van der Waals surface area (Å²) in [7, 11) is 0. The zero-order chi connectivity index (χ0) is 27.1. The number of Topliss-reactive ketones (excluding diaryl/α,β-unsaturated/α-hetero) is 1. The molecule has 4 aromatic rings. The molecule has 0 fully saturated rings. The standard InChI is InChI=1S/C37H36O/c1-36(2,3)29-21-17-27(18-22-29)31-32(28-19-23-30(24-20-28)37(4,5)6)34(26-15-11-8-12-16-26)35(38)33(31)25-13-9-7-10-14-25/h7-24H,1-6H3. The topological polar surface area (TPSA) is 17.1 Å². The number of carbonyl (C=O) groups excluding carboxylic acids is 1. The summed E-state index contributed by atoms with van der Waals surface area (Å²) < 4.78 is 0. The molecule has 1 nitrogen and oxygen atoms in total. The smallest absolute Gasteiger partial charge is 0.195 e. The van der Waals surface area contributed by atoms with Crippen LogP contribution < -0.4 is 0 Å². The maximum atomic E-state index is 14.4. The molecule has 5 rings (SSSR count). The van der Waals surface area contributed by atoms with E-state index in [1.54, 1.807) is 0 Å². The highest BCUT2D eigenvalue weighted by atomic mass is 16.1. The summed E-state index contributed by atoms with van der Waals surface area (Å²) in [5.74, 6) is 0.0761. The first-order valence-electron chi connectivity index (χ1n) is 13.4. The van der Waals surface area contributed by atoms with Gasteiger partial charge in [0, 0.05) is 22.3 Å². The molecule has 190 valence electrons. The largest absolute Gasteiger partial charge is 0.289 e. The van der Waals surface area contributed by atoms with E-state index in [0.717, 1.165) is 44.5 Å². The highest BCUT2D eigenvalue weighted by molar-refractivity contribution is 6.59. The minimum atomic E-state index is 0.0529. The van der Waals surface area contributed by atoms with Gasteiger partial charge in [0.05, 0.1) is 0 Å². The maximum Gasteiger partial charge on any atom is 0.195 e. The van der Waals surface area contributed by atoms with Crippen LogP contribution in [0.2, 0.25) is 0 Å². The lowest BCUT2D eigenvalue weighted by molar-refractivity contribution is -0.108. The van der Waals surface area contributed by atoms with Crippen LogP contribution in [-0.4, -0.2) is 5.78 Å². The van der Waals surface area contributed by atoms with E-state index in [-0.39, 0.29) is 16.6 Å². The van der Waals surface area contributed by atoms with E-state index in [0.29, 0.717) is 0 Å². The molecular formula is C37H36O. The molecule has 4 aromatic carbocycles. The van der Waals surface area contributed by atoms with Gasteiger partial charge < -0.3 is 0 Å². The van der Waals surface area contributed by atoms with Gasteiger partial charge in [-0.15, -0.1) is 0 Å². The van der Waals surface area contributed by atoms with Crippen molar-refractivity contribution in [3.8, 4) is 0 Å². The molecule has 0 saturated heterocycles. The highest BCUT2D eigenvalue weighted by Crippen LogP contribution is 2.50. The minimum Gasteiger partial charge on any atom is -0.289 e.